The number of amides is 1. The number of hydrogen-bond donors (Lipinski definition) is 1. The van der Waals surface area contributed by atoms with Gasteiger partial charge in [-0.1, -0.05) is 0 Å². The van der Waals surface area contributed by atoms with E-state index >= 15 is 0 Å². The van der Waals surface area contributed by atoms with Gasteiger partial charge in [0.15, 0.2) is 11.6 Å². The lowest BCUT2D eigenvalue weighted by atomic mass is 9.84. The summed E-state index contributed by atoms with van der Waals surface area (Å²) < 4.78 is 0. The van der Waals surface area contributed by atoms with E-state index in [1.54, 1.807) is 20.8 Å². The van der Waals surface area contributed by atoms with Crippen LogP contribution in [-0.2, 0) is 14.4 Å². The molecule has 0 heterocycles. The van der Waals surface area contributed by atoms with E-state index in [1.165, 1.54) is 6.92 Å². The molecule has 0 spiro atoms. The highest BCUT2D eigenvalue weighted by Crippen LogP contribution is 2.25. The lowest BCUT2D eigenvalue weighted by Gasteiger charge is -2.18. The Hall–Kier alpha value is -1.71. The second-order valence-electron chi connectivity index (χ2n) is 4.24. The van der Waals surface area contributed by atoms with Gasteiger partial charge in [0.05, 0.1) is 0 Å². The molecule has 0 saturated carbocycles. The fraction of sp³-hybridized carbons (Fsp3) is 0.462. The molecular formula is C13H17NO3. The van der Waals surface area contributed by atoms with Gasteiger partial charge in [0, 0.05) is 35.8 Å². The molecule has 0 fully saturated rings. The summed E-state index contributed by atoms with van der Waals surface area (Å²) in [6, 6.07) is 0. The van der Waals surface area contributed by atoms with Crippen LogP contribution in [-0.4, -0.2) is 24.0 Å². The first-order valence-corrected chi connectivity index (χ1v) is 5.57. The highest BCUT2D eigenvalue weighted by molar-refractivity contribution is 6.24. The van der Waals surface area contributed by atoms with Crippen LogP contribution in [0.4, 0.5) is 0 Å². The highest BCUT2D eigenvalue weighted by atomic mass is 16.1. The maximum absolute atomic E-state index is 12.0. The molecule has 0 unspecified atom stereocenters. The first-order chi connectivity index (χ1) is 7.86. The Labute approximate surface area is 101 Å². The molecule has 0 aromatic carbocycles. The van der Waals surface area contributed by atoms with E-state index in [0.29, 0.717) is 35.3 Å². The van der Waals surface area contributed by atoms with Crippen LogP contribution in [0, 0.1) is 0 Å². The van der Waals surface area contributed by atoms with Crippen molar-refractivity contribution >= 4 is 17.5 Å². The number of rotatable bonds is 3. The van der Waals surface area contributed by atoms with Gasteiger partial charge in [-0.15, -0.1) is 0 Å². The summed E-state index contributed by atoms with van der Waals surface area (Å²) >= 11 is 0. The van der Waals surface area contributed by atoms with Crippen LogP contribution in [0.3, 0.4) is 0 Å². The Morgan fingerprint density at radius 1 is 1.00 bits per heavy atom. The van der Waals surface area contributed by atoms with Crippen molar-refractivity contribution in [3.8, 4) is 0 Å². The van der Waals surface area contributed by atoms with Gasteiger partial charge < -0.3 is 5.32 Å². The third kappa shape index (κ3) is 2.70. The molecule has 0 atom stereocenters. The molecule has 1 aliphatic rings. The molecule has 1 amide bonds. The first-order valence-electron chi connectivity index (χ1n) is 5.57. The molecule has 0 aromatic heterocycles. The molecule has 17 heavy (non-hydrogen) atoms. The molecule has 4 nitrogen and oxygen atoms in total. The van der Waals surface area contributed by atoms with Crippen LogP contribution < -0.4 is 5.32 Å². The molecular weight excluding hydrogens is 218 g/mol. The number of ketones is 2. The summed E-state index contributed by atoms with van der Waals surface area (Å²) in [5.41, 5.74) is 2.06. The van der Waals surface area contributed by atoms with Crippen LogP contribution in [0.1, 0.15) is 34.1 Å². The van der Waals surface area contributed by atoms with Gasteiger partial charge in [-0.2, -0.15) is 0 Å². The Morgan fingerprint density at radius 2 is 1.53 bits per heavy atom. The van der Waals surface area contributed by atoms with E-state index in [4.69, 9.17) is 0 Å². The van der Waals surface area contributed by atoms with Crippen LogP contribution in [0.2, 0.25) is 0 Å². The van der Waals surface area contributed by atoms with Crippen LogP contribution in [0.5, 0.6) is 0 Å². The van der Waals surface area contributed by atoms with Gasteiger partial charge in [0.25, 0.3) is 0 Å². The standard InChI is InChI=1S/C13H17NO3/c1-7-8(2)13(17)11(9(3)12(7)16)5-6-14-10(4)15/h5-6H2,1-4H3,(H,14,15). The zero-order valence-corrected chi connectivity index (χ0v) is 10.6. The number of hydrogen-bond acceptors (Lipinski definition) is 3. The van der Waals surface area contributed by atoms with Crippen molar-refractivity contribution in [2.75, 3.05) is 6.54 Å². The lowest BCUT2D eigenvalue weighted by Crippen LogP contribution is -2.26. The minimum atomic E-state index is -0.138. The molecule has 92 valence electrons. The predicted molar refractivity (Wildman–Crippen MR) is 64.4 cm³/mol. The minimum Gasteiger partial charge on any atom is -0.356 e. The average molecular weight is 235 g/mol. The van der Waals surface area contributed by atoms with Crippen molar-refractivity contribution in [1.29, 1.82) is 0 Å². The largest absolute Gasteiger partial charge is 0.356 e. The predicted octanol–water partition coefficient (Wildman–Crippen LogP) is 1.32. The monoisotopic (exact) mass is 235 g/mol. The zero-order valence-electron chi connectivity index (χ0n) is 10.6. The molecule has 1 N–H and O–H groups in total. The maximum Gasteiger partial charge on any atom is 0.216 e. The van der Waals surface area contributed by atoms with Crippen molar-refractivity contribution in [3.63, 3.8) is 0 Å². The second-order valence-corrected chi connectivity index (χ2v) is 4.24. The maximum atomic E-state index is 12.0. The molecule has 0 aromatic rings. The van der Waals surface area contributed by atoms with E-state index in [1.807, 2.05) is 0 Å². The normalized spacial score (nSPS) is 16.7. The van der Waals surface area contributed by atoms with Crippen molar-refractivity contribution < 1.29 is 14.4 Å². The minimum absolute atomic E-state index is 0.0695. The quantitative estimate of drug-likeness (QED) is 0.750. The Bertz CT molecular complexity index is 455. The molecule has 1 aliphatic carbocycles. The number of carbonyl (C=O) groups excluding carboxylic acids is 3. The van der Waals surface area contributed by atoms with Crippen LogP contribution in [0.25, 0.3) is 0 Å². The molecule has 0 aliphatic heterocycles. The zero-order chi connectivity index (χ0) is 13.2. The van der Waals surface area contributed by atoms with Crippen LogP contribution >= 0.6 is 0 Å². The molecule has 0 radical (unpaired) electrons. The van der Waals surface area contributed by atoms with Gasteiger partial charge in [-0.25, -0.2) is 0 Å². The fourth-order valence-electron chi connectivity index (χ4n) is 1.82. The smallest absolute Gasteiger partial charge is 0.216 e. The van der Waals surface area contributed by atoms with Gasteiger partial charge in [-0.3, -0.25) is 14.4 Å². The summed E-state index contributed by atoms with van der Waals surface area (Å²) in [7, 11) is 0. The van der Waals surface area contributed by atoms with Gasteiger partial charge in [0.2, 0.25) is 5.91 Å². The number of carbonyl (C=O) groups is 3. The summed E-state index contributed by atoms with van der Waals surface area (Å²) in [4.78, 5) is 34.6. The Morgan fingerprint density at radius 3 is 2.06 bits per heavy atom. The number of Topliss-reactive ketones (excluding diaryl/α,β-unsaturated/α-hetero) is 2. The second kappa shape index (κ2) is 5.08. The summed E-state index contributed by atoms with van der Waals surface area (Å²) in [5.74, 6) is -0.286. The third-order valence-electron chi connectivity index (χ3n) is 3.06. The van der Waals surface area contributed by atoms with Gasteiger partial charge >= 0.3 is 0 Å². The lowest BCUT2D eigenvalue weighted by molar-refractivity contribution is -0.119. The van der Waals surface area contributed by atoms with Crippen molar-refractivity contribution in [2.24, 2.45) is 0 Å². The summed E-state index contributed by atoms with van der Waals surface area (Å²) in [5, 5.41) is 2.62. The molecule has 4 heteroatoms. The van der Waals surface area contributed by atoms with Gasteiger partial charge in [0.1, 0.15) is 0 Å². The highest BCUT2D eigenvalue weighted by Gasteiger charge is 2.27. The van der Waals surface area contributed by atoms with E-state index < -0.39 is 0 Å². The summed E-state index contributed by atoms with van der Waals surface area (Å²) in [6.45, 7) is 6.81. The SMILES string of the molecule is CC(=O)NCCC1=C(C)C(=O)C(C)=C(C)C1=O. The van der Waals surface area contributed by atoms with Crippen molar-refractivity contribution in [1.82, 2.24) is 5.32 Å². The first kappa shape index (κ1) is 13.4. The fourth-order valence-corrected chi connectivity index (χ4v) is 1.82. The van der Waals surface area contributed by atoms with Crippen molar-refractivity contribution in [2.45, 2.75) is 34.1 Å². The van der Waals surface area contributed by atoms with E-state index in [0.717, 1.165) is 0 Å². The Kier molecular flexibility index (Phi) is 3.99. The molecule has 1 rings (SSSR count). The van der Waals surface area contributed by atoms with E-state index in [9.17, 15) is 14.4 Å². The van der Waals surface area contributed by atoms with E-state index in [-0.39, 0.29) is 17.5 Å². The van der Waals surface area contributed by atoms with Crippen LogP contribution in [0.15, 0.2) is 22.3 Å². The van der Waals surface area contributed by atoms with E-state index in [2.05, 4.69) is 5.32 Å². The third-order valence-corrected chi connectivity index (χ3v) is 3.06. The van der Waals surface area contributed by atoms with Crippen molar-refractivity contribution in [3.05, 3.63) is 22.3 Å². The Balaban J connectivity index is 2.88. The summed E-state index contributed by atoms with van der Waals surface area (Å²) in [6.07, 6.45) is 0.403. The number of nitrogens with one attached hydrogen (secondary N) is 1. The van der Waals surface area contributed by atoms with Gasteiger partial charge in [-0.05, 0) is 27.2 Å². The average Bonchev–Trinajstić information content (AvgIpc) is 2.28. The molecule has 0 bridgehead atoms. The molecule has 0 saturated heterocycles. The topological polar surface area (TPSA) is 63.2 Å². The number of allylic oxidation sites excluding steroid dienone is 3.